The fourth-order valence-corrected chi connectivity index (χ4v) is 3.53. The Labute approximate surface area is 153 Å². The van der Waals surface area contributed by atoms with Crippen LogP contribution in [-0.4, -0.2) is 28.0 Å². The Morgan fingerprint density at radius 1 is 1.12 bits per heavy atom. The summed E-state index contributed by atoms with van der Waals surface area (Å²) in [6, 6.07) is 14.0. The van der Waals surface area contributed by atoms with Gasteiger partial charge in [0.1, 0.15) is 5.75 Å². The summed E-state index contributed by atoms with van der Waals surface area (Å²) >= 11 is 0. The molecule has 0 bridgehead atoms. The van der Waals surface area contributed by atoms with E-state index in [1.807, 2.05) is 24.3 Å². The maximum atomic E-state index is 12.6. The number of hydrogen-bond donors (Lipinski definition) is 2. The van der Waals surface area contributed by atoms with Gasteiger partial charge in [-0.25, -0.2) is 13.6 Å². The Kier molecular flexibility index (Phi) is 5.02. The number of carbonyl (C=O) groups is 1. The Balaban J connectivity index is 1.57. The number of hydrogen-bond acceptors (Lipinski definition) is 4. The number of methoxy groups -OCH3 is 1. The molecule has 3 N–H and O–H groups in total. The van der Waals surface area contributed by atoms with Crippen LogP contribution in [0.4, 0.5) is 0 Å². The summed E-state index contributed by atoms with van der Waals surface area (Å²) in [5, 5.41) is 8.08. The van der Waals surface area contributed by atoms with Gasteiger partial charge < -0.3 is 10.1 Å². The van der Waals surface area contributed by atoms with E-state index < -0.39 is 15.4 Å². The molecule has 1 aliphatic carbocycles. The molecule has 0 aliphatic heterocycles. The Morgan fingerprint density at radius 3 is 2.23 bits per heavy atom. The lowest BCUT2D eigenvalue weighted by molar-refractivity contribution is -0.123. The van der Waals surface area contributed by atoms with Gasteiger partial charge in [-0.1, -0.05) is 24.3 Å². The van der Waals surface area contributed by atoms with Gasteiger partial charge in [0.15, 0.2) is 0 Å². The first-order valence-electron chi connectivity index (χ1n) is 8.40. The summed E-state index contributed by atoms with van der Waals surface area (Å²) in [4.78, 5) is 12.7. The van der Waals surface area contributed by atoms with E-state index in [1.165, 1.54) is 12.1 Å². The van der Waals surface area contributed by atoms with Gasteiger partial charge in [0, 0.05) is 6.54 Å². The van der Waals surface area contributed by atoms with Crippen LogP contribution in [0.2, 0.25) is 0 Å². The highest BCUT2D eigenvalue weighted by molar-refractivity contribution is 7.89. The topological polar surface area (TPSA) is 98.5 Å². The number of primary sulfonamides is 1. The molecule has 1 amide bonds. The van der Waals surface area contributed by atoms with Gasteiger partial charge in [-0.15, -0.1) is 0 Å². The van der Waals surface area contributed by atoms with Crippen LogP contribution in [0.5, 0.6) is 5.75 Å². The maximum Gasteiger partial charge on any atom is 0.238 e. The van der Waals surface area contributed by atoms with Crippen molar-refractivity contribution in [2.75, 3.05) is 13.7 Å². The van der Waals surface area contributed by atoms with Gasteiger partial charge in [-0.05, 0) is 54.7 Å². The average molecular weight is 374 g/mol. The van der Waals surface area contributed by atoms with Crippen LogP contribution < -0.4 is 15.2 Å². The van der Waals surface area contributed by atoms with Gasteiger partial charge in [-0.3, -0.25) is 4.79 Å². The third kappa shape index (κ3) is 3.89. The van der Waals surface area contributed by atoms with Crippen molar-refractivity contribution >= 4 is 15.9 Å². The monoisotopic (exact) mass is 374 g/mol. The first-order chi connectivity index (χ1) is 12.3. The predicted octanol–water partition coefficient (Wildman–Crippen LogP) is 1.73. The number of ether oxygens (including phenoxy) is 1. The standard InChI is InChI=1S/C19H22N2O4S/c1-25-16-6-4-15(5-7-16)19(11-12-19)18(22)21-13-10-14-2-8-17(9-3-14)26(20,23)24/h2-9H,10-13H2,1H3,(H,21,22)(H2,20,23,24). The fourth-order valence-electron chi connectivity index (χ4n) is 3.02. The first-order valence-corrected chi connectivity index (χ1v) is 9.94. The summed E-state index contributed by atoms with van der Waals surface area (Å²) < 4.78 is 27.7. The quantitative estimate of drug-likeness (QED) is 0.771. The normalized spacial score (nSPS) is 15.3. The largest absolute Gasteiger partial charge is 0.497 e. The van der Waals surface area contributed by atoms with Gasteiger partial charge >= 0.3 is 0 Å². The molecule has 0 heterocycles. The van der Waals surface area contributed by atoms with Crippen LogP contribution in [0, 0.1) is 0 Å². The number of carbonyl (C=O) groups excluding carboxylic acids is 1. The zero-order chi connectivity index (χ0) is 18.8. The molecule has 26 heavy (non-hydrogen) atoms. The molecule has 0 saturated heterocycles. The molecule has 0 unspecified atom stereocenters. The Bertz CT molecular complexity index is 886. The molecule has 0 radical (unpaired) electrons. The second kappa shape index (κ2) is 7.09. The lowest BCUT2D eigenvalue weighted by Crippen LogP contribution is -2.35. The van der Waals surface area contributed by atoms with Crippen molar-refractivity contribution in [3.8, 4) is 5.75 Å². The summed E-state index contributed by atoms with van der Waals surface area (Å²) in [5.41, 5.74) is 1.52. The highest BCUT2D eigenvalue weighted by Crippen LogP contribution is 2.48. The molecule has 0 spiro atoms. The van der Waals surface area contributed by atoms with E-state index >= 15 is 0 Å². The molecule has 0 atom stereocenters. The van der Waals surface area contributed by atoms with Crippen molar-refractivity contribution < 1.29 is 17.9 Å². The summed E-state index contributed by atoms with van der Waals surface area (Å²) in [6.07, 6.45) is 2.30. The molecular formula is C19H22N2O4S. The number of nitrogens with two attached hydrogens (primary N) is 1. The van der Waals surface area contributed by atoms with E-state index in [0.717, 1.165) is 29.7 Å². The van der Waals surface area contributed by atoms with Crippen LogP contribution in [0.25, 0.3) is 0 Å². The molecule has 3 rings (SSSR count). The van der Waals surface area contributed by atoms with Crippen LogP contribution in [-0.2, 0) is 26.7 Å². The van der Waals surface area contributed by atoms with Crippen molar-refractivity contribution in [2.45, 2.75) is 29.6 Å². The number of amides is 1. The molecule has 6 nitrogen and oxygen atoms in total. The zero-order valence-corrected chi connectivity index (χ0v) is 15.4. The molecule has 2 aromatic carbocycles. The highest BCUT2D eigenvalue weighted by Gasteiger charge is 2.50. The molecule has 7 heteroatoms. The molecule has 2 aromatic rings. The summed E-state index contributed by atoms with van der Waals surface area (Å²) in [6.45, 7) is 0.492. The molecule has 0 aromatic heterocycles. The predicted molar refractivity (Wildman–Crippen MR) is 98.4 cm³/mol. The minimum absolute atomic E-state index is 0.0313. The maximum absolute atomic E-state index is 12.6. The van der Waals surface area contributed by atoms with Crippen molar-refractivity contribution in [3.05, 3.63) is 59.7 Å². The molecule has 1 aliphatic rings. The number of sulfonamides is 1. The fraction of sp³-hybridized carbons (Fsp3) is 0.316. The van der Waals surface area contributed by atoms with Gasteiger partial charge in [0.25, 0.3) is 0 Å². The number of rotatable bonds is 7. The highest BCUT2D eigenvalue weighted by atomic mass is 32.2. The summed E-state index contributed by atoms with van der Waals surface area (Å²) in [7, 11) is -2.06. The van der Waals surface area contributed by atoms with Crippen molar-refractivity contribution in [3.63, 3.8) is 0 Å². The van der Waals surface area contributed by atoms with Crippen LogP contribution in [0.3, 0.4) is 0 Å². The molecule has 1 fully saturated rings. The smallest absolute Gasteiger partial charge is 0.238 e. The van der Waals surface area contributed by atoms with E-state index in [-0.39, 0.29) is 10.8 Å². The molecular weight excluding hydrogens is 352 g/mol. The molecule has 1 saturated carbocycles. The lowest BCUT2D eigenvalue weighted by Gasteiger charge is -2.16. The third-order valence-corrected chi connectivity index (χ3v) is 5.71. The number of nitrogens with one attached hydrogen (secondary N) is 1. The van der Waals surface area contributed by atoms with E-state index in [1.54, 1.807) is 19.2 Å². The Morgan fingerprint density at radius 2 is 1.73 bits per heavy atom. The number of benzene rings is 2. The zero-order valence-electron chi connectivity index (χ0n) is 14.6. The Hall–Kier alpha value is -2.38. The SMILES string of the molecule is COc1ccc(C2(C(=O)NCCc3ccc(S(N)(=O)=O)cc3)CC2)cc1. The second-order valence-corrected chi connectivity index (χ2v) is 8.07. The average Bonchev–Trinajstić information content (AvgIpc) is 3.43. The van der Waals surface area contributed by atoms with Gasteiger partial charge in [-0.2, -0.15) is 0 Å². The second-order valence-electron chi connectivity index (χ2n) is 6.51. The van der Waals surface area contributed by atoms with Crippen LogP contribution in [0.1, 0.15) is 24.0 Å². The van der Waals surface area contributed by atoms with Crippen molar-refractivity contribution in [1.29, 1.82) is 0 Å². The van der Waals surface area contributed by atoms with Gasteiger partial charge in [0.05, 0.1) is 17.4 Å². The minimum atomic E-state index is -3.68. The lowest BCUT2D eigenvalue weighted by atomic mass is 9.95. The van der Waals surface area contributed by atoms with E-state index in [0.29, 0.717) is 13.0 Å². The molecule has 138 valence electrons. The van der Waals surface area contributed by atoms with Gasteiger partial charge in [0.2, 0.25) is 15.9 Å². The van der Waals surface area contributed by atoms with E-state index in [9.17, 15) is 13.2 Å². The van der Waals surface area contributed by atoms with Crippen LogP contribution >= 0.6 is 0 Å². The van der Waals surface area contributed by atoms with Crippen molar-refractivity contribution in [1.82, 2.24) is 5.32 Å². The van der Waals surface area contributed by atoms with Crippen LogP contribution in [0.15, 0.2) is 53.4 Å². The first kappa shape index (κ1) is 18.4. The van der Waals surface area contributed by atoms with E-state index in [2.05, 4.69) is 5.32 Å². The minimum Gasteiger partial charge on any atom is -0.497 e. The van der Waals surface area contributed by atoms with E-state index in [4.69, 9.17) is 9.88 Å². The summed E-state index contributed by atoms with van der Waals surface area (Å²) in [5.74, 6) is 0.803. The third-order valence-electron chi connectivity index (χ3n) is 4.78. The van der Waals surface area contributed by atoms with Crippen molar-refractivity contribution in [2.24, 2.45) is 5.14 Å².